The van der Waals surface area contributed by atoms with Crippen molar-refractivity contribution in [3.8, 4) is 0 Å². The molecule has 1 fully saturated rings. The number of halogens is 1. The van der Waals surface area contributed by atoms with Gasteiger partial charge in [0.2, 0.25) is 11.8 Å². The Morgan fingerprint density at radius 3 is 3.00 bits per heavy atom. The van der Waals surface area contributed by atoms with Crippen molar-refractivity contribution < 1.29 is 13.9 Å². The zero-order valence-corrected chi connectivity index (χ0v) is 11.7. The maximum absolute atomic E-state index is 12.1. The monoisotopic (exact) mass is 288 g/mol. The molecular weight excluding hydrogens is 272 g/mol. The highest BCUT2D eigenvalue weighted by Crippen LogP contribution is 2.19. The minimum Gasteiger partial charge on any atom is -0.407 e. The second kappa shape index (κ2) is 6.21. The molecule has 0 aromatic carbocycles. The molecule has 2 heterocycles. The van der Waals surface area contributed by atoms with E-state index < -0.39 is 6.04 Å². The highest BCUT2D eigenvalue weighted by Gasteiger charge is 2.32. The molecule has 0 saturated carbocycles. The summed E-state index contributed by atoms with van der Waals surface area (Å²) in [6.45, 7) is 5.16. The molecule has 0 spiro atoms. The van der Waals surface area contributed by atoms with Gasteiger partial charge in [0.1, 0.15) is 11.9 Å². The highest BCUT2D eigenvalue weighted by atomic mass is 35.5. The molecule has 2 rings (SSSR count). The zero-order valence-electron chi connectivity index (χ0n) is 10.9. The van der Waals surface area contributed by atoms with Gasteiger partial charge in [-0.1, -0.05) is 5.10 Å². The molecule has 7 nitrogen and oxygen atoms in total. The van der Waals surface area contributed by atoms with Gasteiger partial charge in [-0.3, -0.25) is 4.79 Å². The van der Waals surface area contributed by atoms with Crippen molar-refractivity contribution in [1.29, 1.82) is 0 Å². The largest absolute Gasteiger partial charge is 0.407 e. The van der Waals surface area contributed by atoms with Gasteiger partial charge in [-0.15, -0.1) is 16.7 Å². The summed E-state index contributed by atoms with van der Waals surface area (Å²) in [5.74, 6) is 0.381. The van der Waals surface area contributed by atoms with Crippen LogP contribution in [-0.4, -0.2) is 47.9 Å². The maximum Gasteiger partial charge on any atom is 0.319 e. The molecule has 1 atom stereocenters. The summed E-state index contributed by atoms with van der Waals surface area (Å²) in [5.41, 5.74) is 0. The molecule has 0 aliphatic carbocycles. The summed E-state index contributed by atoms with van der Waals surface area (Å²) in [6.07, 6.45) is 0. The molecule has 1 aromatic heterocycles. The van der Waals surface area contributed by atoms with Crippen LogP contribution in [0.5, 0.6) is 0 Å². The first-order valence-electron chi connectivity index (χ1n) is 6.15. The standard InChI is InChI=1S/C11H17ClN4O3/c1-7(2)13-10(17)8-6-18-4-3-16(8)11-15-14-9(5-12)19-11/h7-8H,3-6H2,1-2H3,(H,13,17). The van der Waals surface area contributed by atoms with Gasteiger partial charge in [0.15, 0.2) is 0 Å². The molecule has 0 bridgehead atoms. The van der Waals surface area contributed by atoms with Gasteiger partial charge in [-0.05, 0) is 13.8 Å². The summed E-state index contributed by atoms with van der Waals surface area (Å²) in [6, 6.07) is -0.0833. The van der Waals surface area contributed by atoms with Crippen LogP contribution in [0.25, 0.3) is 0 Å². The maximum atomic E-state index is 12.1. The van der Waals surface area contributed by atoms with E-state index in [1.165, 1.54) is 0 Å². The fourth-order valence-electron chi connectivity index (χ4n) is 1.85. The number of nitrogens with zero attached hydrogens (tertiary/aromatic N) is 3. The second-order valence-corrected chi connectivity index (χ2v) is 4.83. The molecule has 1 unspecified atom stereocenters. The molecule has 1 aliphatic heterocycles. The Bertz CT molecular complexity index is 437. The van der Waals surface area contributed by atoms with Crippen LogP contribution in [0.15, 0.2) is 4.42 Å². The minimum atomic E-state index is -0.459. The van der Waals surface area contributed by atoms with E-state index in [9.17, 15) is 4.79 Å². The molecule has 1 amide bonds. The average Bonchev–Trinajstić information content (AvgIpc) is 2.86. The number of anilines is 1. The second-order valence-electron chi connectivity index (χ2n) is 4.56. The summed E-state index contributed by atoms with van der Waals surface area (Å²) in [7, 11) is 0. The van der Waals surface area contributed by atoms with Crippen LogP contribution in [0.1, 0.15) is 19.7 Å². The fourth-order valence-corrected chi connectivity index (χ4v) is 1.95. The first-order chi connectivity index (χ1) is 9.11. The van der Waals surface area contributed by atoms with Crippen molar-refractivity contribution in [3.63, 3.8) is 0 Å². The van der Waals surface area contributed by atoms with Gasteiger partial charge < -0.3 is 19.4 Å². The van der Waals surface area contributed by atoms with Gasteiger partial charge in [-0.2, -0.15) is 0 Å². The van der Waals surface area contributed by atoms with E-state index in [1.54, 1.807) is 4.90 Å². The highest BCUT2D eigenvalue weighted by molar-refractivity contribution is 6.16. The molecule has 19 heavy (non-hydrogen) atoms. The lowest BCUT2D eigenvalue weighted by molar-refractivity contribution is -0.125. The van der Waals surface area contributed by atoms with Crippen molar-refractivity contribution in [3.05, 3.63) is 5.89 Å². The molecule has 0 radical (unpaired) electrons. The van der Waals surface area contributed by atoms with Crippen LogP contribution in [0, 0.1) is 0 Å². The predicted octanol–water partition coefficient (Wildman–Crippen LogP) is 0.538. The number of morpholine rings is 1. The third-order valence-corrected chi connectivity index (χ3v) is 2.91. The number of amides is 1. The Hall–Kier alpha value is -1.34. The molecular formula is C11H17ClN4O3. The quantitative estimate of drug-likeness (QED) is 0.815. The third kappa shape index (κ3) is 3.36. The smallest absolute Gasteiger partial charge is 0.319 e. The predicted molar refractivity (Wildman–Crippen MR) is 69.1 cm³/mol. The average molecular weight is 289 g/mol. The van der Waals surface area contributed by atoms with E-state index in [4.69, 9.17) is 20.8 Å². The van der Waals surface area contributed by atoms with E-state index in [1.807, 2.05) is 13.8 Å². The summed E-state index contributed by atoms with van der Waals surface area (Å²) in [5, 5.41) is 10.6. The van der Waals surface area contributed by atoms with Crippen molar-refractivity contribution >= 4 is 23.5 Å². The first-order valence-corrected chi connectivity index (χ1v) is 6.68. The lowest BCUT2D eigenvalue weighted by Gasteiger charge is -2.33. The van der Waals surface area contributed by atoms with Crippen molar-refractivity contribution in [2.45, 2.75) is 31.8 Å². The fraction of sp³-hybridized carbons (Fsp3) is 0.727. The molecule has 1 saturated heterocycles. The van der Waals surface area contributed by atoms with Crippen LogP contribution in [0.3, 0.4) is 0 Å². The van der Waals surface area contributed by atoms with E-state index in [-0.39, 0.29) is 17.8 Å². The van der Waals surface area contributed by atoms with Gasteiger partial charge in [0.05, 0.1) is 13.2 Å². The zero-order chi connectivity index (χ0) is 13.8. The van der Waals surface area contributed by atoms with Gasteiger partial charge in [0.25, 0.3) is 0 Å². The van der Waals surface area contributed by atoms with E-state index in [2.05, 4.69) is 15.5 Å². The van der Waals surface area contributed by atoms with Crippen LogP contribution >= 0.6 is 11.6 Å². The number of hydrogen-bond donors (Lipinski definition) is 1. The van der Waals surface area contributed by atoms with Crippen LogP contribution < -0.4 is 10.2 Å². The Balaban J connectivity index is 2.13. The third-order valence-electron chi connectivity index (χ3n) is 2.68. The Morgan fingerprint density at radius 1 is 1.58 bits per heavy atom. The normalized spacial score (nSPS) is 19.8. The number of alkyl halides is 1. The summed E-state index contributed by atoms with van der Waals surface area (Å²) < 4.78 is 10.7. The Labute approximate surface area is 116 Å². The van der Waals surface area contributed by atoms with E-state index >= 15 is 0 Å². The van der Waals surface area contributed by atoms with Crippen molar-refractivity contribution in [1.82, 2.24) is 15.5 Å². The molecule has 106 valence electrons. The SMILES string of the molecule is CC(C)NC(=O)C1COCCN1c1nnc(CCl)o1. The Kier molecular flexibility index (Phi) is 4.60. The van der Waals surface area contributed by atoms with Gasteiger partial charge in [-0.25, -0.2) is 0 Å². The minimum absolute atomic E-state index is 0.0670. The van der Waals surface area contributed by atoms with Crippen molar-refractivity contribution in [2.75, 3.05) is 24.7 Å². The summed E-state index contributed by atoms with van der Waals surface area (Å²) >= 11 is 5.63. The van der Waals surface area contributed by atoms with E-state index in [0.29, 0.717) is 31.7 Å². The number of carbonyl (C=O) groups excluding carboxylic acids is 1. The number of hydrogen-bond acceptors (Lipinski definition) is 6. The lowest BCUT2D eigenvalue weighted by atomic mass is 10.2. The summed E-state index contributed by atoms with van der Waals surface area (Å²) in [4.78, 5) is 13.9. The van der Waals surface area contributed by atoms with Gasteiger partial charge in [0, 0.05) is 12.6 Å². The van der Waals surface area contributed by atoms with E-state index in [0.717, 1.165) is 0 Å². The molecule has 8 heteroatoms. The van der Waals surface area contributed by atoms with Crippen LogP contribution in [0.4, 0.5) is 6.01 Å². The van der Waals surface area contributed by atoms with Crippen LogP contribution in [0.2, 0.25) is 0 Å². The van der Waals surface area contributed by atoms with Crippen molar-refractivity contribution in [2.24, 2.45) is 0 Å². The van der Waals surface area contributed by atoms with Gasteiger partial charge >= 0.3 is 6.01 Å². The number of nitrogens with one attached hydrogen (secondary N) is 1. The molecule has 1 aliphatic rings. The molecule has 1 aromatic rings. The number of aromatic nitrogens is 2. The first kappa shape index (κ1) is 14.1. The lowest BCUT2D eigenvalue weighted by Crippen LogP contribution is -2.55. The molecule has 1 N–H and O–H groups in total. The topological polar surface area (TPSA) is 80.5 Å². The number of carbonyl (C=O) groups is 1. The Morgan fingerprint density at radius 2 is 2.37 bits per heavy atom. The van der Waals surface area contributed by atoms with Crippen LogP contribution in [-0.2, 0) is 15.4 Å². The number of ether oxygens (including phenoxy) is 1. The number of rotatable bonds is 4.